The molecule has 3 saturated heterocycles. The van der Waals surface area contributed by atoms with Gasteiger partial charge in [-0.1, -0.05) is 39.7 Å². The Morgan fingerprint density at radius 3 is 1.53 bits per heavy atom. The number of nitrogens with one attached hydrogen (secondary N) is 1. The second-order valence-electron chi connectivity index (χ2n) is 22.1. The average molecular weight is 1290 g/mol. The first-order valence-corrected chi connectivity index (χ1v) is 29.1. The topological polar surface area (TPSA) is 370 Å². The van der Waals surface area contributed by atoms with Crippen LogP contribution in [0.4, 0.5) is 11.6 Å². The lowest BCUT2D eigenvalue weighted by molar-refractivity contribution is 0.00578. The van der Waals surface area contributed by atoms with Gasteiger partial charge in [0.2, 0.25) is 34.6 Å². The Morgan fingerprint density at radius 1 is 0.685 bits per heavy atom. The molecular formula is C58H74BBrN20O9. The maximum atomic E-state index is 12.4. The van der Waals surface area contributed by atoms with Crippen LogP contribution in [0.15, 0.2) is 110 Å². The van der Waals surface area contributed by atoms with Gasteiger partial charge in [-0.2, -0.15) is 0 Å². The number of halogens is 1. The van der Waals surface area contributed by atoms with Crippen LogP contribution in [-0.4, -0.2) is 176 Å². The molecule has 31 heteroatoms. The maximum Gasteiger partial charge on any atom is 0.489 e. The minimum Gasteiger partial charge on any atom is -0.475 e. The van der Waals surface area contributed by atoms with Crippen molar-refractivity contribution in [1.82, 2.24) is 84.4 Å². The van der Waals surface area contributed by atoms with Crippen molar-refractivity contribution >= 4 is 75.4 Å². The molecule has 470 valence electrons. The molecular weight excluding hydrogens is 1210 g/mol. The van der Waals surface area contributed by atoms with Gasteiger partial charge in [0.25, 0.3) is 5.91 Å². The number of ether oxygens (including phenoxy) is 1. The number of carboxylic acid groups (broad SMARTS) is 2. The third kappa shape index (κ3) is 19.4. The predicted molar refractivity (Wildman–Crippen MR) is 334 cm³/mol. The molecule has 2 unspecified atom stereocenters. The van der Waals surface area contributed by atoms with E-state index in [1.54, 1.807) is 63.7 Å². The summed E-state index contributed by atoms with van der Waals surface area (Å²) in [5.74, 6) is -0.706. The van der Waals surface area contributed by atoms with E-state index in [1.165, 1.54) is 24.8 Å². The van der Waals surface area contributed by atoms with Crippen LogP contribution in [0.2, 0.25) is 0 Å². The van der Waals surface area contributed by atoms with Crippen LogP contribution in [0.1, 0.15) is 160 Å². The smallest absolute Gasteiger partial charge is 0.475 e. The fourth-order valence-corrected chi connectivity index (χ4v) is 8.26. The summed E-state index contributed by atoms with van der Waals surface area (Å²) < 4.78 is 20.5. The SMILES string of the molecule is C=C(C)B1OC(C)(C)C(C)(C)O1.C=C(C)c1cnc(C(=O)O)nc1.CC(C)c1cnc(C(=O)NC2CCN(c3nccn4cnnc34)C2)nc1.CC(C)c1cnc(C(=O)O)nc1.CCOC(=O)c1ncc(Br)cn1.NC1CCN(c2nccn3cnnc23)C1. The highest BCUT2D eigenvalue weighted by Crippen LogP contribution is 2.38. The Kier molecular flexibility index (Phi) is 24.5. The molecule has 8 aromatic rings. The summed E-state index contributed by atoms with van der Waals surface area (Å²) in [6.45, 7) is 32.8. The molecule has 11 rings (SSSR count). The Labute approximate surface area is 523 Å². The zero-order chi connectivity index (χ0) is 65.2. The van der Waals surface area contributed by atoms with Crippen LogP contribution >= 0.6 is 15.9 Å². The molecule has 0 saturated carbocycles. The standard InChI is InChI=1S/C17H20N8O.C9H17BO2.C9H12N6.C8H10N2O2.C8H8N2O2.C7H7BrN2O2/c1-11(2)12-7-19-14(20-8-12)17(26)22-13-3-5-24(9-13)15-16-23-21-10-25(16)6-4-18-15;1-7(2)10-11-8(3,4)9(5,6)12-10;10-7-1-3-14(5-7)8-9-13-12-6-15(9)4-2-11-8;2*1-5(2)6-3-9-7(8(11)12)10-4-6;1-2-12-7(11)6-9-3-5(8)4-10-6/h4,6-8,10-11,13H,3,5,9H2,1-2H3,(H,22,26);1H2,2-6H3;2,4,6-7H,1,3,5,10H2;3-5H,1-2H3,(H,11,12);3-4H,1H2,2H3,(H,11,12);3-4H,2H2,1H3. The van der Waals surface area contributed by atoms with Crippen LogP contribution in [0.25, 0.3) is 16.9 Å². The van der Waals surface area contributed by atoms with Gasteiger partial charge < -0.3 is 45.1 Å². The molecule has 0 radical (unpaired) electrons. The first-order chi connectivity index (χ1) is 42.2. The normalized spacial score (nSPS) is 16.1. The third-order valence-electron chi connectivity index (χ3n) is 13.9. The Balaban J connectivity index is 0.000000176. The highest BCUT2D eigenvalue weighted by Gasteiger charge is 2.51. The first kappa shape index (κ1) is 68.9. The Bertz CT molecular complexity index is 3620. The van der Waals surface area contributed by atoms with E-state index < -0.39 is 17.9 Å². The fourth-order valence-electron chi connectivity index (χ4n) is 8.05. The van der Waals surface area contributed by atoms with Crippen molar-refractivity contribution in [3.05, 3.63) is 150 Å². The molecule has 11 heterocycles. The van der Waals surface area contributed by atoms with Crippen molar-refractivity contribution in [2.24, 2.45) is 5.73 Å². The van der Waals surface area contributed by atoms with E-state index in [1.807, 2.05) is 69.7 Å². The number of aromatic nitrogens is 16. The number of carbonyl (C=O) groups excluding carboxylic acids is 2. The lowest BCUT2D eigenvalue weighted by atomic mass is 9.81. The molecule has 29 nitrogen and oxygen atoms in total. The molecule has 0 aromatic carbocycles. The number of carbonyl (C=O) groups is 4. The van der Waals surface area contributed by atoms with Gasteiger partial charge >= 0.3 is 25.0 Å². The summed E-state index contributed by atoms with van der Waals surface area (Å²) in [7, 11) is -0.241. The van der Waals surface area contributed by atoms with Crippen LogP contribution < -0.4 is 20.9 Å². The number of hydrogen-bond donors (Lipinski definition) is 4. The van der Waals surface area contributed by atoms with E-state index in [0.717, 1.165) is 82.0 Å². The van der Waals surface area contributed by atoms with Gasteiger partial charge in [0.15, 0.2) is 11.6 Å². The lowest BCUT2D eigenvalue weighted by Crippen LogP contribution is -2.41. The number of nitrogens with two attached hydrogens (primary N) is 1. The van der Waals surface area contributed by atoms with Gasteiger partial charge in [0.05, 0.1) is 22.3 Å². The highest BCUT2D eigenvalue weighted by atomic mass is 79.9. The third-order valence-corrected chi connectivity index (χ3v) is 14.3. The van der Waals surface area contributed by atoms with Gasteiger partial charge in [-0.25, -0.2) is 64.2 Å². The van der Waals surface area contributed by atoms with Crippen molar-refractivity contribution in [3.63, 3.8) is 0 Å². The maximum absolute atomic E-state index is 12.4. The van der Waals surface area contributed by atoms with Gasteiger partial charge in [-0.05, 0) is 106 Å². The van der Waals surface area contributed by atoms with Gasteiger partial charge in [-0.3, -0.25) is 13.6 Å². The van der Waals surface area contributed by atoms with Crippen LogP contribution in [0.3, 0.4) is 0 Å². The zero-order valence-corrected chi connectivity index (χ0v) is 53.2. The number of nitrogens with zero attached hydrogens (tertiary/aromatic N) is 18. The highest BCUT2D eigenvalue weighted by molar-refractivity contribution is 9.10. The number of fused-ring (bicyclic) bond motifs is 2. The summed E-state index contributed by atoms with van der Waals surface area (Å²) in [6, 6.07) is 0.260. The fraction of sp³-hybridized carbons (Fsp3) is 0.414. The number of amides is 1. The summed E-state index contributed by atoms with van der Waals surface area (Å²) in [4.78, 5) is 87.6. The van der Waals surface area contributed by atoms with Crippen molar-refractivity contribution in [1.29, 1.82) is 0 Å². The van der Waals surface area contributed by atoms with Gasteiger partial charge in [0, 0.05) is 118 Å². The van der Waals surface area contributed by atoms with Crippen molar-refractivity contribution < 1.29 is 43.4 Å². The van der Waals surface area contributed by atoms with E-state index in [2.05, 4.69) is 133 Å². The Morgan fingerprint density at radius 2 is 1.12 bits per heavy atom. The van der Waals surface area contributed by atoms with Crippen molar-refractivity contribution in [2.75, 3.05) is 42.6 Å². The van der Waals surface area contributed by atoms with E-state index in [0.29, 0.717) is 30.6 Å². The number of rotatable bonds is 12. The van der Waals surface area contributed by atoms with Gasteiger partial charge in [-0.15, -0.1) is 27.0 Å². The van der Waals surface area contributed by atoms with Crippen molar-refractivity contribution in [2.45, 2.75) is 124 Å². The van der Waals surface area contributed by atoms with Crippen molar-refractivity contribution in [3.8, 4) is 0 Å². The predicted octanol–water partition coefficient (Wildman–Crippen LogP) is 6.82. The van der Waals surface area contributed by atoms with Gasteiger partial charge in [0.1, 0.15) is 12.7 Å². The number of carboxylic acids is 2. The van der Waals surface area contributed by atoms with E-state index in [4.69, 9.17) is 25.3 Å². The number of allylic oxidation sites excluding steroid dienone is 2. The molecule has 1 amide bonds. The quantitative estimate of drug-likeness (QED) is 0.0719. The number of esters is 1. The number of aromatic carboxylic acids is 2. The Hall–Kier alpha value is -9.20. The van der Waals surface area contributed by atoms with E-state index in [9.17, 15) is 19.2 Å². The lowest BCUT2D eigenvalue weighted by Gasteiger charge is -2.32. The summed E-state index contributed by atoms with van der Waals surface area (Å²) in [5.41, 5.74) is 11.3. The molecule has 3 fully saturated rings. The van der Waals surface area contributed by atoms with Crippen LogP contribution in [-0.2, 0) is 14.0 Å². The number of hydrogen-bond acceptors (Lipinski definition) is 24. The summed E-state index contributed by atoms with van der Waals surface area (Å²) in [6.07, 6.45) is 24.7. The second-order valence-corrected chi connectivity index (χ2v) is 23.0. The molecule has 3 aliphatic heterocycles. The zero-order valence-electron chi connectivity index (χ0n) is 51.6. The molecule has 2 atom stereocenters. The minimum absolute atomic E-state index is 0.0147. The minimum atomic E-state index is -1.12. The van der Waals surface area contributed by atoms with Crippen LogP contribution in [0.5, 0.6) is 0 Å². The summed E-state index contributed by atoms with van der Waals surface area (Å²) >= 11 is 3.16. The summed E-state index contributed by atoms with van der Waals surface area (Å²) in [5, 5.41) is 35.9. The monoisotopic (exact) mass is 1280 g/mol. The molecule has 3 aliphatic rings. The largest absolute Gasteiger partial charge is 0.489 e. The molecule has 5 N–H and O–H groups in total. The average Bonchev–Trinajstić information content (AvgIpc) is 2.90. The van der Waals surface area contributed by atoms with E-state index >= 15 is 0 Å². The molecule has 0 spiro atoms. The number of anilines is 2. The van der Waals surface area contributed by atoms with Crippen LogP contribution in [0, 0.1) is 0 Å². The van der Waals surface area contributed by atoms with E-state index in [-0.39, 0.29) is 59.6 Å². The molecule has 0 bridgehead atoms. The first-order valence-electron chi connectivity index (χ1n) is 28.3. The molecule has 8 aromatic heterocycles. The second kappa shape index (κ2) is 31.6. The molecule has 0 aliphatic carbocycles. The molecule has 89 heavy (non-hydrogen) atoms.